The number of carbonyl (C=O) groups is 2. The van der Waals surface area contributed by atoms with Crippen molar-refractivity contribution in [3.05, 3.63) is 28.8 Å². The predicted molar refractivity (Wildman–Crippen MR) is 87.9 cm³/mol. The van der Waals surface area contributed by atoms with Crippen LogP contribution in [0.25, 0.3) is 0 Å². The lowest BCUT2D eigenvalue weighted by molar-refractivity contribution is 0.0200. The third-order valence-electron chi connectivity index (χ3n) is 3.86. The van der Waals surface area contributed by atoms with Crippen LogP contribution in [0.15, 0.2) is 18.2 Å². The molecule has 1 aromatic rings. The molecule has 0 bridgehead atoms. The minimum Gasteiger partial charge on any atom is -0.444 e. The Morgan fingerprint density at radius 2 is 2.09 bits per heavy atom. The number of nitrogens with zero attached hydrogens (tertiary/aromatic N) is 2. The second kappa shape index (κ2) is 5.60. The molecule has 6 nitrogen and oxygen atoms in total. The van der Waals surface area contributed by atoms with Crippen molar-refractivity contribution in [3.8, 4) is 0 Å². The number of ether oxygens (including phenoxy) is 1. The first kappa shape index (κ1) is 15.9. The topological polar surface area (TPSA) is 61.9 Å². The second-order valence-electron chi connectivity index (χ2n) is 6.74. The Morgan fingerprint density at radius 1 is 1.35 bits per heavy atom. The van der Waals surface area contributed by atoms with E-state index in [-0.39, 0.29) is 18.2 Å². The molecule has 2 heterocycles. The van der Waals surface area contributed by atoms with Gasteiger partial charge in [-0.15, -0.1) is 0 Å². The van der Waals surface area contributed by atoms with Crippen LogP contribution in [0.5, 0.6) is 0 Å². The summed E-state index contributed by atoms with van der Waals surface area (Å²) in [5, 5.41) is 3.35. The van der Waals surface area contributed by atoms with Crippen LogP contribution in [0.1, 0.15) is 31.1 Å². The highest BCUT2D eigenvalue weighted by atomic mass is 35.5. The van der Waals surface area contributed by atoms with E-state index in [0.29, 0.717) is 30.2 Å². The summed E-state index contributed by atoms with van der Waals surface area (Å²) in [6, 6.07) is 5.42. The maximum absolute atomic E-state index is 12.3. The van der Waals surface area contributed by atoms with Gasteiger partial charge in [0.1, 0.15) is 11.8 Å². The summed E-state index contributed by atoms with van der Waals surface area (Å²) in [5.74, 6) is -0.210. The van der Waals surface area contributed by atoms with Crippen LogP contribution in [-0.2, 0) is 4.74 Å². The number of halogens is 1. The lowest BCUT2D eigenvalue weighted by atomic mass is 10.1. The predicted octanol–water partition coefficient (Wildman–Crippen LogP) is 2.47. The van der Waals surface area contributed by atoms with Gasteiger partial charge in [-0.25, -0.2) is 4.79 Å². The van der Waals surface area contributed by atoms with Crippen molar-refractivity contribution in [2.45, 2.75) is 32.5 Å². The Bertz CT molecular complexity index is 656. The average molecular weight is 338 g/mol. The van der Waals surface area contributed by atoms with E-state index in [1.165, 1.54) is 0 Å². The molecule has 0 spiro atoms. The van der Waals surface area contributed by atoms with Gasteiger partial charge >= 0.3 is 6.09 Å². The van der Waals surface area contributed by atoms with Gasteiger partial charge in [0.05, 0.1) is 22.8 Å². The molecule has 1 aromatic carbocycles. The first-order valence-corrected chi connectivity index (χ1v) is 7.98. The van der Waals surface area contributed by atoms with Crippen molar-refractivity contribution < 1.29 is 14.3 Å². The number of nitrogens with one attached hydrogen (secondary N) is 1. The number of piperazine rings is 1. The van der Waals surface area contributed by atoms with Crippen LogP contribution in [0.2, 0.25) is 5.02 Å². The van der Waals surface area contributed by atoms with Crippen molar-refractivity contribution >= 4 is 29.3 Å². The Balaban J connectivity index is 1.79. The fourth-order valence-electron chi connectivity index (χ4n) is 2.89. The van der Waals surface area contributed by atoms with E-state index in [4.69, 9.17) is 16.3 Å². The van der Waals surface area contributed by atoms with Gasteiger partial charge in [0.15, 0.2) is 0 Å². The van der Waals surface area contributed by atoms with Crippen molar-refractivity contribution in [1.29, 1.82) is 0 Å². The van der Waals surface area contributed by atoms with Gasteiger partial charge in [-0.05, 0) is 32.9 Å². The Kier molecular flexibility index (Phi) is 3.88. The monoisotopic (exact) mass is 337 g/mol. The second-order valence-corrected chi connectivity index (χ2v) is 7.15. The molecule has 124 valence electrons. The number of hydrogen-bond donors (Lipinski definition) is 1. The SMILES string of the molecule is CC(C)(C)OC(=O)N1CCN2c3cccc(Cl)c3C(=O)NC2C1. The fourth-order valence-corrected chi connectivity index (χ4v) is 3.14. The summed E-state index contributed by atoms with van der Waals surface area (Å²) in [6.45, 7) is 7.03. The largest absolute Gasteiger partial charge is 0.444 e. The number of rotatable bonds is 0. The standard InChI is InChI=1S/C16H20ClN3O3/c1-16(2,3)23-15(22)19-7-8-20-11-6-4-5-10(17)13(11)14(21)18-12(20)9-19/h4-6,12H,7-9H2,1-3H3,(H,18,21). The number of amides is 2. The molecule has 0 saturated carbocycles. The zero-order valence-corrected chi connectivity index (χ0v) is 14.2. The molecular formula is C16H20ClN3O3. The summed E-state index contributed by atoms with van der Waals surface area (Å²) in [6.07, 6.45) is -0.627. The fraction of sp³-hybridized carbons (Fsp3) is 0.500. The third kappa shape index (κ3) is 3.08. The molecule has 1 N–H and O–H groups in total. The zero-order chi connectivity index (χ0) is 16.8. The molecular weight excluding hydrogens is 318 g/mol. The molecule has 23 heavy (non-hydrogen) atoms. The molecule has 1 saturated heterocycles. The minimum atomic E-state index is -0.538. The van der Waals surface area contributed by atoms with E-state index in [2.05, 4.69) is 10.2 Å². The summed E-state index contributed by atoms with van der Waals surface area (Å²) < 4.78 is 5.41. The van der Waals surface area contributed by atoms with Crippen LogP contribution < -0.4 is 10.2 Å². The molecule has 2 aliphatic rings. The van der Waals surface area contributed by atoms with Gasteiger partial charge in [-0.2, -0.15) is 0 Å². The lowest BCUT2D eigenvalue weighted by Crippen LogP contribution is -2.64. The first-order chi connectivity index (χ1) is 10.8. The maximum atomic E-state index is 12.3. The molecule has 1 unspecified atom stereocenters. The molecule has 2 amide bonds. The molecule has 0 radical (unpaired) electrons. The van der Waals surface area contributed by atoms with Crippen LogP contribution >= 0.6 is 11.6 Å². The molecule has 2 aliphatic heterocycles. The Hall–Kier alpha value is -1.95. The van der Waals surface area contributed by atoms with Crippen molar-refractivity contribution in [2.24, 2.45) is 0 Å². The molecule has 1 atom stereocenters. The Morgan fingerprint density at radius 3 is 2.78 bits per heavy atom. The van der Waals surface area contributed by atoms with E-state index in [1.807, 2.05) is 32.9 Å². The highest BCUT2D eigenvalue weighted by Gasteiger charge is 2.38. The summed E-state index contributed by atoms with van der Waals surface area (Å²) >= 11 is 6.15. The number of fused-ring (bicyclic) bond motifs is 3. The summed E-state index contributed by atoms with van der Waals surface area (Å²) in [4.78, 5) is 28.2. The van der Waals surface area contributed by atoms with Crippen molar-refractivity contribution in [3.63, 3.8) is 0 Å². The third-order valence-corrected chi connectivity index (χ3v) is 4.17. The molecule has 1 fully saturated rings. The molecule has 0 aromatic heterocycles. The van der Waals surface area contributed by atoms with Crippen molar-refractivity contribution in [2.75, 3.05) is 24.5 Å². The average Bonchev–Trinajstić information content (AvgIpc) is 2.45. The number of anilines is 1. The van der Waals surface area contributed by atoms with Crippen LogP contribution in [0.3, 0.4) is 0 Å². The number of carbonyl (C=O) groups excluding carboxylic acids is 2. The molecule has 7 heteroatoms. The van der Waals surface area contributed by atoms with E-state index in [1.54, 1.807) is 11.0 Å². The minimum absolute atomic E-state index is 0.210. The van der Waals surface area contributed by atoms with Gasteiger partial charge in [0.2, 0.25) is 0 Å². The highest BCUT2D eigenvalue weighted by Crippen LogP contribution is 2.33. The summed E-state index contributed by atoms with van der Waals surface area (Å²) in [5.41, 5.74) is 0.774. The van der Waals surface area contributed by atoms with Crippen molar-refractivity contribution in [1.82, 2.24) is 10.2 Å². The molecule has 3 rings (SSSR count). The summed E-state index contributed by atoms with van der Waals surface area (Å²) in [7, 11) is 0. The maximum Gasteiger partial charge on any atom is 0.410 e. The zero-order valence-electron chi connectivity index (χ0n) is 13.4. The van der Waals surface area contributed by atoms with E-state index >= 15 is 0 Å². The van der Waals surface area contributed by atoms with Crippen LogP contribution in [0, 0.1) is 0 Å². The van der Waals surface area contributed by atoms with E-state index in [0.717, 1.165) is 5.69 Å². The van der Waals surface area contributed by atoms with Gasteiger partial charge in [0.25, 0.3) is 5.91 Å². The van der Waals surface area contributed by atoms with Crippen LogP contribution in [-0.4, -0.2) is 48.3 Å². The Labute approximate surface area is 140 Å². The van der Waals surface area contributed by atoms with E-state index in [9.17, 15) is 9.59 Å². The van der Waals surface area contributed by atoms with Crippen LogP contribution in [0.4, 0.5) is 10.5 Å². The van der Waals surface area contributed by atoms with Gasteiger partial charge in [0, 0.05) is 13.1 Å². The van der Waals surface area contributed by atoms with Gasteiger partial charge in [-0.3, -0.25) is 4.79 Å². The quantitative estimate of drug-likeness (QED) is 0.790. The van der Waals surface area contributed by atoms with Gasteiger partial charge < -0.3 is 19.9 Å². The smallest absolute Gasteiger partial charge is 0.410 e. The first-order valence-electron chi connectivity index (χ1n) is 7.60. The van der Waals surface area contributed by atoms with Gasteiger partial charge in [-0.1, -0.05) is 17.7 Å². The van der Waals surface area contributed by atoms with E-state index < -0.39 is 5.60 Å². The number of benzene rings is 1. The normalized spacial score (nSPS) is 20.5. The molecule has 0 aliphatic carbocycles. The number of hydrogen-bond acceptors (Lipinski definition) is 4. The highest BCUT2D eigenvalue weighted by molar-refractivity contribution is 6.34. The lowest BCUT2D eigenvalue weighted by Gasteiger charge is -2.45.